The molecule has 2 aromatic rings. The Morgan fingerprint density at radius 3 is 2.56 bits per heavy atom. The summed E-state index contributed by atoms with van der Waals surface area (Å²) >= 11 is 1.39. The number of hydrogen-bond donors (Lipinski definition) is 1. The molecule has 0 spiro atoms. The van der Waals surface area contributed by atoms with Crippen molar-refractivity contribution < 1.29 is 19.1 Å². The smallest absolute Gasteiger partial charge is 0.319 e. The number of amides is 1. The lowest BCUT2D eigenvalue weighted by atomic mass is 10.2. The second-order valence-electron chi connectivity index (χ2n) is 5.43. The van der Waals surface area contributed by atoms with Crippen molar-refractivity contribution in [2.45, 2.75) is 24.0 Å². The second-order valence-corrected chi connectivity index (χ2v) is 6.85. The highest BCUT2D eigenvalue weighted by Gasteiger charge is 2.17. The first-order valence-corrected chi connectivity index (χ1v) is 8.70. The number of esters is 1. The fourth-order valence-electron chi connectivity index (χ4n) is 2.11. The van der Waals surface area contributed by atoms with Gasteiger partial charge in [0, 0.05) is 4.90 Å². The van der Waals surface area contributed by atoms with Gasteiger partial charge in [0.2, 0.25) is 0 Å². The Kier molecular flexibility index (Phi) is 6.89. The van der Waals surface area contributed by atoms with Gasteiger partial charge in [-0.25, -0.2) is 0 Å². The van der Waals surface area contributed by atoms with Crippen LogP contribution in [0.15, 0.2) is 53.4 Å². The van der Waals surface area contributed by atoms with E-state index in [1.165, 1.54) is 18.9 Å². The maximum absolute atomic E-state index is 12.0. The average Bonchev–Trinajstić information content (AvgIpc) is 2.60. The number of thioether (sulfide) groups is 1. The third kappa shape index (κ3) is 5.83. The number of ether oxygens (including phenoxy) is 2. The molecule has 1 amide bonds. The highest BCUT2D eigenvalue weighted by Crippen LogP contribution is 2.25. The van der Waals surface area contributed by atoms with E-state index in [9.17, 15) is 9.59 Å². The highest BCUT2D eigenvalue weighted by molar-refractivity contribution is 8.00. The van der Waals surface area contributed by atoms with Crippen LogP contribution in [0.2, 0.25) is 0 Å². The Bertz CT molecular complexity index is 733. The van der Waals surface area contributed by atoms with Crippen molar-refractivity contribution in [3.05, 3.63) is 54.1 Å². The van der Waals surface area contributed by atoms with Gasteiger partial charge >= 0.3 is 5.97 Å². The summed E-state index contributed by atoms with van der Waals surface area (Å²) in [5.41, 5.74) is 1.54. The summed E-state index contributed by atoms with van der Waals surface area (Å²) in [6.45, 7) is 3.33. The Hall–Kier alpha value is -2.47. The van der Waals surface area contributed by atoms with Gasteiger partial charge in [0.05, 0.1) is 12.8 Å². The van der Waals surface area contributed by atoms with Crippen LogP contribution in [-0.4, -0.2) is 30.8 Å². The molecule has 0 bridgehead atoms. The molecule has 6 heteroatoms. The van der Waals surface area contributed by atoms with Crippen LogP contribution in [0.4, 0.5) is 5.69 Å². The van der Waals surface area contributed by atoms with E-state index < -0.39 is 17.1 Å². The number of methoxy groups -OCH3 is 1. The first-order valence-electron chi connectivity index (χ1n) is 7.82. The van der Waals surface area contributed by atoms with Gasteiger partial charge in [-0.3, -0.25) is 9.59 Å². The largest absolute Gasteiger partial charge is 0.495 e. The molecule has 25 heavy (non-hydrogen) atoms. The molecule has 0 saturated heterocycles. The minimum atomic E-state index is -0.430. The van der Waals surface area contributed by atoms with Crippen molar-refractivity contribution in [2.24, 2.45) is 0 Å². The maximum atomic E-state index is 12.0. The van der Waals surface area contributed by atoms with E-state index in [-0.39, 0.29) is 6.61 Å². The lowest BCUT2D eigenvalue weighted by Gasteiger charge is -2.13. The summed E-state index contributed by atoms with van der Waals surface area (Å²) in [6, 6.07) is 15.0. The van der Waals surface area contributed by atoms with E-state index >= 15 is 0 Å². The molecule has 0 aliphatic carbocycles. The molecule has 5 nitrogen and oxygen atoms in total. The van der Waals surface area contributed by atoms with Gasteiger partial charge in [0.1, 0.15) is 11.0 Å². The summed E-state index contributed by atoms with van der Waals surface area (Å²) in [5, 5.41) is 2.30. The zero-order valence-electron chi connectivity index (χ0n) is 14.4. The van der Waals surface area contributed by atoms with Gasteiger partial charge in [-0.15, -0.1) is 11.8 Å². The molecule has 2 aromatic carbocycles. The SMILES string of the molecule is COc1ccc(C)cc1NC(=O)COC(=O)[C@H](C)Sc1ccccc1. The monoisotopic (exact) mass is 359 g/mol. The fraction of sp³-hybridized carbons (Fsp3) is 0.263. The molecule has 0 saturated carbocycles. The Labute approximate surface area is 151 Å². The number of rotatable bonds is 7. The molecule has 0 radical (unpaired) electrons. The standard InChI is InChI=1S/C19H21NO4S/c1-13-9-10-17(23-3)16(11-13)20-18(21)12-24-19(22)14(2)25-15-7-5-4-6-8-15/h4-11,14H,12H2,1-3H3,(H,20,21)/t14-/m0/s1. The third-order valence-corrected chi connectivity index (χ3v) is 4.45. The van der Waals surface area contributed by atoms with E-state index in [0.717, 1.165) is 10.5 Å². The van der Waals surface area contributed by atoms with Gasteiger partial charge < -0.3 is 14.8 Å². The molecular weight excluding hydrogens is 338 g/mol. The lowest BCUT2D eigenvalue weighted by Crippen LogP contribution is -2.25. The zero-order valence-corrected chi connectivity index (χ0v) is 15.3. The van der Waals surface area contributed by atoms with Crippen LogP contribution < -0.4 is 10.1 Å². The molecule has 2 rings (SSSR count). The molecule has 0 aromatic heterocycles. The minimum absolute atomic E-state index is 0.338. The minimum Gasteiger partial charge on any atom is -0.495 e. The number of carbonyl (C=O) groups is 2. The molecule has 1 atom stereocenters. The van der Waals surface area contributed by atoms with E-state index in [1.54, 1.807) is 19.1 Å². The van der Waals surface area contributed by atoms with Crippen LogP contribution in [0.25, 0.3) is 0 Å². The second kappa shape index (κ2) is 9.13. The van der Waals surface area contributed by atoms with Crippen LogP contribution in [0, 0.1) is 6.92 Å². The van der Waals surface area contributed by atoms with Gasteiger partial charge in [0.25, 0.3) is 5.91 Å². The number of hydrogen-bond acceptors (Lipinski definition) is 5. The van der Waals surface area contributed by atoms with Crippen LogP contribution in [0.1, 0.15) is 12.5 Å². The molecule has 132 valence electrons. The maximum Gasteiger partial charge on any atom is 0.319 e. The quantitative estimate of drug-likeness (QED) is 0.604. The Balaban J connectivity index is 1.85. The first-order chi connectivity index (χ1) is 12.0. The van der Waals surface area contributed by atoms with Crippen LogP contribution in [-0.2, 0) is 14.3 Å². The van der Waals surface area contributed by atoms with E-state index in [1.807, 2.05) is 43.3 Å². The van der Waals surface area contributed by atoms with Crippen molar-refractivity contribution in [3.63, 3.8) is 0 Å². The zero-order chi connectivity index (χ0) is 18.2. The predicted octanol–water partition coefficient (Wildman–Crippen LogP) is 3.67. The lowest BCUT2D eigenvalue weighted by molar-refractivity contribution is -0.146. The Morgan fingerprint density at radius 2 is 1.88 bits per heavy atom. The van der Waals surface area contributed by atoms with Gasteiger partial charge in [-0.05, 0) is 43.7 Å². The summed E-state index contributed by atoms with van der Waals surface area (Å²) < 4.78 is 10.3. The highest BCUT2D eigenvalue weighted by atomic mass is 32.2. The summed E-state index contributed by atoms with van der Waals surface area (Å²) in [6.07, 6.45) is 0. The topological polar surface area (TPSA) is 64.6 Å². The number of anilines is 1. The third-order valence-electron chi connectivity index (χ3n) is 3.36. The summed E-state index contributed by atoms with van der Waals surface area (Å²) in [4.78, 5) is 25.0. The van der Waals surface area contributed by atoms with Gasteiger partial charge in [-0.1, -0.05) is 24.3 Å². The number of carbonyl (C=O) groups excluding carboxylic acids is 2. The summed E-state index contributed by atoms with van der Waals surface area (Å²) in [5.74, 6) is -0.285. The number of aryl methyl sites for hydroxylation is 1. The molecule has 0 heterocycles. The number of benzene rings is 2. The molecular formula is C19H21NO4S. The van der Waals surface area contributed by atoms with Crippen LogP contribution in [0.3, 0.4) is 0 Å². The van der Waals surface area contributed by atoms with Crippen molar-refractivity contribution in [2.75, 3.05) is 19.0 Å². The van der Waals surface area contributed by atoms with Crippen molar-refractivity contribution in [3.8, 4) is 5.75 Å². The molecule has 1 N–H and O–H groups in total. The molecule has 0 fully saturated rings. The summed E-state index contributed by atoms with van der Waals surface area (Å²) in [7, 11) is 1.53. The molecule has 0 aliphatic heterocycles. The van der Waals surface area contributed by atoms with Crippen molar-refractivity contribution in [1.82, 2.24) is 0 Å². The molecule has 0 unspecified atom stereocenters. The first kappa shape index (κ1) is 18.9. The van der Waals surface area contributed by atoms with Gasteiger partial charge in [-0.2, -0.15) is 0 Å². The molecule has 0 aliphatic rings. The fourth-order valence-corrected chi connectivity index (χ4v) is 3.00. The van der Waals surface area contributed by atoms with E-state index in [2.05, 4.69) is 5.32 Å². The van der Waals surface area contributed by atoms with Crippen LogP contribution >= 0.6 is 11.8 Å². The normalized spacial score (nSPS) is 11.5. The predicted molar refractivity (Wildman–Crippen MR) is 99.1 cm³/mol. The van der Waals surface area contributed by atoms with Crippen molar-refractivity contribution in [1.29, 1.82) is 0 Å². The van der Waals surface area contributed by atoms with E-state index in [0.29, 0.717) is 11.4 Å². The van der Waals surface area contributed by atoms with Gasteiger partial charge in [0.15, 0.2) is 6.61 Å². The van der Waals surface area contributed by atoms with E-state index in [4.69, 9.17) is 9.47 Å². The van der Waals surface area contributed by atoms with Crippen molar-refractivity contribution >= 4 is 29.3 Å². The Morgan fingerprint density at radius 1 is 1.16 bits per heavy atom. The average molecular weight is 359 g/mol. The number of nitrogens with one attached hydrogen (secondary N) is 1. The van der Waals surface area contributed by atoms with Crippen LogP contribution in [0.5, 0.6) is 5.75 Å².